The third kappa shape index (κ3) is 3.01. The van der Waals surface area contributed by atoms with Crippen molar-refractivity contribution >= 4 is 11.7 Å². The van der Waals surface area contributed by atoms with Crippen LogP contribution in [0, 0.1) is 0 Å². The van der Waals surface area contributed by atoms with Crippen LogP contribution in [0.3, 0.4) is 0 Å². The monoisotopic (exact) mass is 258 g/mol. The zero-order chi connectivity index (χ0) is 13.8. The quantitative estimate of drug-likeness (QED) is 0.913. The number of rotatable bonds is 4. The number of nitrogens with zero attached hydrogens (tertiary/aromatic N) is 2. The number of carboxylic acid groups (broad SMARTS) is 1. The summed E-state index contributed by atoms with van der Waals surface area (Å²) < 4.78 is 5.59. The van der Waals surface area contributed by atoms with Gasteiger partial charge in [0.25, 0.3) is 0 Å². The maximum Gasteiger partial charge on any atom is 0.358 e. The summed E-state index contributed by atoms with van der Waals surface area (Å²) in [5.74, 6) is -0.313. The Balaban J connectivity index is 2.31. The molecule has 1 aromatic heterocycles. The molecule has 1 aromatic carbocycles. The maximum absolute atomic E-state index is 11.0. The molecule has 1 heterocycles. The minimum atomic E-state index is -1.11. The van der Waals surface area contributed by atoms with Gasteiger partial charge < -0.3 is 14.7 Å². The summed E-state index contributed by atoms with van der Waals surface area (Å²) in [5.41, 5.74) is 0.871. The number of anilines is 1. The first-order chi connectivity index (χ1) is 9.08. The van der Waals surface area contributed by atoms with Gasteiger partial charge in [0.05, 0.1) is 0 Å². The molecule has 0 unspecified atom stereocenters. The molecule has 0 radical (unpaired) electrons. The second-order valence-corrected chi connectivity index (χ2v) is 4.15. The van der Waals surface area contributed by atoms with Crippen molar-refractivity contribution in [3.05, 3.63) is 48.3 Å². The van der Waals surface area contributed by atoms with Crippen molar-refractivity contribution in [2.24, 2.45) is 0 Å². The molecule has 2 rings (SSSR count). The Hall–Kier alpha value is -2.56. The molecule has 0 amide bonds. The van der Waals surface area contributed by atoms with Gasteiger partial charge >= 0.3 is 5.97 Å². The Morgan fingerprint density at radius 1 is 1.26 bits per heavy atom. The van der Waals surface area contributed by atoms with E-state index in [1.54, 1.807) is 18.2 Å². The van der Waals surface area contributed by atoms with E-state index in [-0.39, 0.29) is 11.4 Å². The zero-order valence-electron chi connectivity index (χ0n) is 10.7. The predicted octanol–water partition coefficient (Wildman–Crippen LogP) is 2.64. The molecule has 1 N–H and O–H groups in total. The standard InChI is InChI=1S/C14H14N2O3/c1-16(2)10-5-3-6-11(9-10)19-12-7-4-8-15-13(12)14(17)18/h3-9H,1-2H3,(H,17,18). The third-order valence-electron chi connectivity index (χ3n) is 2.54. The third-order valence-corrected chi connectivity index (χ3v) is 2.54. The van der Waals surface area contributed by atoms with E-state index in [2.05, 4.69) is 4.98 Å². The number of hydrogen-bond acceptors (Lipinski definition) is 4. The Labute approximate surface area is 111 Å². The van der Waals surface area contributed by atoms with Crippen LogP contribution in [0.1, 0.15) is 10.5 Å². The van der Waals surface area contributed by atoms with Crippen molar-refractivity contribution in [2.75, 3.05) is 19.0 Å². The van der Waals surface area contributed by atoms with Crippen LogP contribution < -0.4 is 9.64 Å². The molecule has 2 aromatic rings. The molecule has 5 heteroatoms. The van der Waals surface area contributed by atoms with E-state index in [0.29, 0.717) is 5.75 Å². The first-order valence-electron chi connectivity index (χ1n) is 5.71. The summed E-state index contributed by atoms with van der Waals surface area (Å²) in [6.07, 6.45) is 1.42. The summed E-state index contributed by atoms with van der Waals surface area (Å²) >= 11 is 0. The molecule has 0 saturated carbocycles. The lowest BCUT2D eigenvalue weighted by Crippen LogP contribution is -2.08. The Bertz CT molecular complexity index is 597. The van der Waals surface area contributed by atoms with Crippen LogP contribution in [-0.2, 0) is 0 Å². The highest BCUT2D eigenvalue weighted by Gasteiger charge is 2.13. The molecule has 0 aliphatic rings. The molecular formula is C14H14N2O3. The average Bonchev–Trinajstić information content (AvgIpc) is 2.39. The van der Waals surface area contributed by atoms with Crippen molar-refractivity contribution in [3.8, 4) is 11.5 Å². The molecule has 5 nitrogen and oxygen atoms in total. The van der Waals surface area contributed by atoms with Crippen molar-refractivity contribution in [3.63, 3.8) is 0 Å². The van der Waals surface area contributed by atoms with Gasteiger partial charge in [0, 0.05) is 32.0 Å². The Morgan fingerprint density at radius 2 is 2.05 bits per heavy atom. The highest BCUT2D eigenvalue weighted by atomic mass is 16.5. The van der Waals surface area contributed by atoms with Gasteiger partial charge in [-0.05, 0) is 24.3 Å². The van der Waals surface area contributed by atoms with E-state index < -0.39 is 5.97 Å². The average molecular weight is 258 g/mol. The number of benzene rings is 1. The van der Waals surface area contributed by atoms with Gasteiger partial charge in [-0.2, -0.15) is 0 Å². The van der Waals surface area contributed by atoms with Crippen molar-refractivity contribution in [1.29, 1.82) is 0 Å². The molecule has 0 atom stereocenters. The molecule has 0 fully saturated rings. The van der Waals surface area contributed by atoms with E-state index >= 15 is 0 Å². The summed E-state index contributed by atoms with van der Waals surface area (Å²) in [5, 5.41) is 9.04. The molecule has 0 spiro atoms. The fourth-order valence-corrected chi connectivity index (χ4v) is 1.59. The van der Waals surface area contributed by atoms with Crippen LogP contribution in [0.25, 0.3) is 0 Å². The van der Waals surface area contributed by atoms with Gasteiger partial charge in [-0.25, -0.2) is 9.78 Å². The Morgan fingerprint density at radius 3 is 2.74 bits per heavy atom. The van der Waals surface area contributed by atoms with Crippen LogP contribution in [0.4, 0.5) is 5.69 Å². The number of aromatic carboxylic acids is 1. The minimum absolute atomic E-state index is 0.0993. The topological polar surface area (TPSA) is 62.7 Å². The van der Waals surface area contributed by atoms with E-state index in [1.807, 2.05) is 37.2 Å². The van der Waals surface area contributed by atoms with Crippen LogP contribution in [-0.4, -0.2) is 30.2 Å². The molecule has 0 bridgehead atoms. The highest BCUT2D eigenvalue weighted by Crippen LogP contribution is 2.26. The van der Waals surface area contributed by atoms with Gasteiger partial charge in [-0.3, -0.25) is 0 Å². The van der Waals surface area contributed by atoms with Crippen molar-refractivity contribution in [1.82, 2.24) is 4.98 Å². The van der Waals surface area contributed by atoms with Crippen LogP contribution in [0.2, 0.25) is 0 Å². The van der Waals surface area contributed by atoms with Crippen LogP contribution in [0.5, 0.6) is 11.5 Å². The summed E-state index contributed by atoms with van der Waals surface area (Å²) in [6.45, 7) is 0. The zero-order valence-corrected chi connectivity index (χ0v) is 10.7. The van der Waals surface area contributed by atoms with E-state index in [9.17, 15) is 4.79 Å². The number of aromatic nitrogens is 1. The normalized spacial score (nSPS) is 10.0. The fourth-order valence-electron chi connectivity index (χ4n) is 1.59. The van der Waals surface area contributed by atoms with Gasteiger partial charge in [-0.15, -0.1) is 0 Å². The number of carbonyl (C=O) groups is 1. The number of ether oxygens (including phenoxy) is 1. The largest absolute Gasteiger partial charge is 0.476 e. The van der Waals surface area contributed by atoms with Gasteiger partial charge in [-0.1, -0.05) is 6.07 Å². The number of pyridine rings is 1. The van der Waals surface area contributed by atoms with Gasteiger partial charge in [0.1, 0.15) is 5.75 Å². The van der Waals surface area contributed by atoms with Crippen molar-refractivity contribution in [2.45, 2.75) is 0 Å². The van der Waals surface area contributed by atoms with Crippen LogP contribution >= 0.6 is 0 Å². The lowest BCUT2D eigenvalue weighted by atomic mass is 10.3. The van der Waals surface area contributed by atoms with E-state index in [1.165, 1.54) is 6.20 Å². The SMILES string of the molecule is CN(C)c1cccc(Oc2cccnc2C(=O)O)c1. The van der Waals surface area contributed by atoms with Crippen LogP contribution in [0.15, 0.2) is 42.6 Å². The first kappa shape index (κ1) is 12.9. The van der Waals surface area contributed by atoms with E-state index in [0.717, 1.165) is 5.69 Å². The molecule has 98 valence electrons. The van der Waals surface area contributed by atoms with Crippen molar-refractivity contribution < 1.29 is 14.6 Å². The lowest BCUT2D eigenvalue weighted by Gasteiger charge is -2.14. The molecule has 0 aliphatic heterocycles. The smallest absolute Gasteiger partial charge is 0.358 e. The molecule has 0 saturated heterocycles. The Kier molecular flexibility index (Phi) is 3.66. The minimum Gasteiger partial charge on any atom is -0.476 e. The molecule has 0 aliphatic carbocycles. The molecular weight excluding hydrogens is 244 g/mol. The van der Waals surface area contributed by atoms with E-state index in [4.69, 9.17) is 9.84 Å². The second-order valence-electron chi connectivity index (χ2n) is 4.15. The second kappa shape index (κ2) is 5.39. The fraction of sp³-hybridized carbons (Fsp3) is 0.143. The molecule has 19 heavy (non-hydrogen) atoms. The first-order valence-corrected chi connectivity index (χ1v) is 5.71. The lowest BCUT2D eigenvalue weighted by molar-refractivity contribution is 0.0687. The number of hydrogen-bond donors (Lipinski definition) is 1. The maximum atomic E-state index is 11.0. The van der Waals surface area contributed by atoms with Gasteiger partial charge in [0.15, 0.2) is 11.4 Å². The van der Waals surface area contributed by atoms with Gasteiger partial charge in [0.2, 0.25) is 0 Å². The number of carboxylic acids is 1. The summed E-state index contributed by atoms with van der Waals surface area (Å²) in [7, 11) is 3.84. The predicted molar refractivity (Wildman–Crippen MR) is 72.0 cm³/mol. The summed E-state index contributed by atoms with van der Waals surface area (Å²) in [4.78, 5) is 16.8. The highest BCUT2D eigenvalue weighted by molar-refractivity contribution is 5.88. The summed E-state index contributed by atoms with van der Waals surface area (Å²) in [6, 6.07) is 10.6.